The first-order chi connectivity index (χ1) is 4.77. The van der Waals surface area contributed by atoms with Crippen LogP contribution in [0.1, 0.15) is 12.8 Å². The van der Waals surface area contributed by atoms with Crippen LogP contribution in [0.5, 0.6) is 0 Å². The summed E-state index contributed by atoms with van der Waals surface area (Å²) in [5.74, 6) is 0. The molecule has 0 aliphatic carbocycles. The van der Waals surface area contributed by atoms with E-state index in [9.17, 15) is 8.78 Å². The Bertz CT molecular complexity index is 109. The zero-order chi connectivity index (χ0) is 7.82. The van der Waals surface area contributed by atoms with Gasteiger partial charge in [0.25, 0.3) is 0 Å². The van der Waals surface area contributed by atoms with Gasteiger partial charge in [0.05, 0.1) is 6.07 Å². The second-order valence-corrected chi connectivity index (χ2v) is 1.84. The average molecular weight is 148 g/mol. The lowest BCUT2D eigenvalue weighted by atomic mass is 10.4. The van der Waals surface area contributed by atoms with Gasteiger partial charge in [-0.3, -0.25) is 0 Å². The molecule has 0 aliphatic rings. The normalized spacial score (nSPS) is 9.80. The van der Waals surface area contributed by atoms with Crippen LogP contribution in [-0.2, 0) is 0 Å². The summed E-state index contributed by atoms with van der Waals surface area (Å²) >= 11 is 0. The maximum Gasteiger partial charge on any atom is 0.239 e. The molecule has 10 heavy (non-hydrogen) atoms. The number of nitrogens with one attached hydrogen (secondary N) is 1. The molecule has 0 atom stereocenters. The van der Waals surface area contributed by atoms with E-state index >= 15 is 0 Å². The molecule has 0 heterocycles. The number of nitriles is 1. The summed E-state index contributed by atoms with van der Waals surface area (Å²) < 4.78 is 22.9. The minimum atomic E-state index is -2.24. The van der Waals surface area contributed by atoms with E-state index in [0.29, 0.717) is 19.5 Å². The van der Waals surface area contributed by atoms with E-state index in [1.807, 2.05) is 6.07 Å². The van der Waals surface area contributed by atoms with Crippen LogP contribution in [0.3, 0.4) is 0 Å². The molecule has 4 heteroatoms. The highest BCUT2D eigenvalue weighted by atomic mass is 19.3. The first-order valence-electron chi connectivity index (χ1n) is 3.13. The highest BCUT2D eigenvalue weighted by Crippen LogP contribution is 1.95. The van der Waals surface area contributed by atoms with Crippen molar-refractivity contribution in [3.05, 3.63) is 0 Å². The van der Waals surface area contributed by atoms with E-state index in [-0.39, 0.29) is 6.42 Å². The van der Waals surface area contributed by atoms with Gasteiger partial charge in [-0.05, 0) is 0 Å². The van der Waals surface area contributed by atoms with Gasteiger partial charge in [0, 0.05) is 25.9 Å². The molecule has 0 amide bonds. The number of rotatable bonds is 5. The Hall–Kier alpha value is -0.690. The van der Waals surface area contributed by atoms with E-state index in [1.54, 1.807) is 0 Å². The Labute approximate surface area is 58.8 Å². The predicted molar refractivity (Wildman–Crippen MR) is 33.7 cm³/mol. The van der Waals surface area contributed by atoms with Crippen LogP contribution in [0, 0.1) is 11.3 Å². The molecule has 0 aromatic heterocycles. The summed E-state index contributed by atoms with van der Waals surface area (Å²) in [4.78, 5) is 0. The summed E-state index contributed by atoms with van der Waals surface area (Å²) in [6.07, 6.45) is -2.00. The molecule has 0 aromatic rings. The fraction of sp³-hybridized carbons (Fsp3) is 0.833. The molecule has 1 N–H and O–H groups in total. The Balaban J connectivity index is 2.86. The fourth-order valence-electron chi connectivity index (χ4n) is 0.480. The van der Waals surface area contributed by atoms with Crippen LogP contribution in [-0.4, -0.2) is 19.5 Å². The molecule has 0 bridgehead atoms. The third-order valence-corrected chi connectivity index (χ3v) is 0.953. The first kappa shape index (κ1) is 9.31. The summed E-state index contributed by atoms with van der Waals surface area (Å²) in [5, 5.41) is 10.8. The highest BCUT2D eigenvalue weighted by Gasteiger charge is 1.99. The lowest BCUT2D eigenvalue weighted by Crippen LogP contribution is -2.18. The van der Waals surface area contributed by atoms with Crippen molar-refractivity contribution < 1.29 is 8.78 Å². The SMILES string of the molecule is N#CCCNCCC(F)F. The van der Waals surface area contributed by atoms with Crippen molar-refractivity contribution in [1.29, 1.82) is 5.26 Å². The van der Waals surface area contributed by atoms with Crippen molar-refractivity contribution in [1.82, 2.24) is 5.32 Å². The van der Waals surface area contributed by atoms with Gasteiger partial charge in [0.2, 0.25) is 6.43 Å². The zero-order valence-electron chi connectivity index (χ0n) is 5.61. The van der Waals surface area contributed by atoms with Gasteiger partial charge in [0.15, 0.2) is 0 Å². The van der Waals surface area contributed by atoms with E-state index < -0.39 is 6.43 Å². The van der Waals surface area contributed by atoms with E-state index in [2.05, 4.69) is 5.32 Å². The van der Waals surface area contributed by atoms with E-state index in [1.165, 1.54) is 0 Å². The number of alkyl halides is 2. The molecule has 0 fully saturated rings. The van der Waals surface area contributed by atoms with Crippen LogP contribution in [0.15, 0.2) is 0 Å². The van der Waals surface area contributed by atoms with Gasteiger partial charge < -0.3 is 5.32 Å². The molecule has 0 saturated heterocycles. The Morgan fingerprint density at radius 2 is 2.10 bits per heavy atom. The van der Waals surface area contributed by atoms with Crippen LogP contribution in [0.2, 0.25) is 0 Å². The maximum atomic E-state index is 11.4. The standard InChI is InChI=1S/C6H10F2N2/c7-6(8)2-5-10-4-1-3-9/h6,10H,1-2,4-5H2. The number of nitrogens with zero attached hydrogens (tertiary/aromatic N) is 1. The smallest absolute Gasteiger partial charge is 0.239 e. The zero-order valence-corrected chi connectivity index (χ0v) is 5.61. The van der Waals surface area contributed by atoms with E-state index in [0.717, 1.165) is 0 Å². The maximum absolute atomic E-state index is 11.4. The van der Waals surface area contributed by atoms with Gasteiger partial charge in [-0.25, -0.2) is 8.78 Å². The van der Waals surface area contributed by atoms with Crippen LogP contribution in [0.4, 0.5) is 8.78 Å². The molecular formula is C6H10F2N2. The van der Waals surface area contributed by atoms with Gasteiger partial charge in [-0.15, -0.1) is 0 Å². The van der Waals surface area contributed by atoms with Crippen molar-refractivity contribution in [2.45, 2.75) is 19.3 Å². The van der Waals surface area contributed by atoms with Crippen LogP contribution < -0.4 is 5.32 Å². The molecule has 0 unspecified atom stereocenters. The lowest BCUT2D eigenvalue weighted by Gasteiger charge is -1.99. The first-order valence-corrected chi connectivity index (χ1v) is 3.13. The molecule has 0 spiro atoms. The van der Waals surface area contributed by atoms with Crippen molar-refractivity contribution in [3.63, 3.8) is 0 Å². The average Bonchev–Trinajstić information content (AvgIpc) is 1.87. The molecule has 58 valence electrons. The van der Waals surface area contributed by atoms with Gasteiger partial charge >= 0.3 is 0 Å². The monoisotopic (exact) mass is 148 g/mol. The summed E-state index contributed by atoms with van der Waals surface area (Å²) in [6, 6.07) is 1.91. The molecule has 0 radical (unpaired) electrons. The fourth-order valence-corrected chi connectivity index (χ4v) is 0.480. The summed E-state index contributed by atoms with van der Waals surface area (Å²) in [5.41, 5.74) is 0. The van der Waals surface area contributed by atoms with Gasteiger partial charge in [-0.2, -0.15) is 5.26 Å². The minimum Gasteiger partial charge on any atom is -0.315 e. The highest BCUT2D eigenvalue weighted by molar-refractivity contribution is 4.69. The minimum absolute atomic E-state index is 0.134. The summed E-state index contributed by atoms with van der Waals surface area (Å²) in [6.45, 7) is 0.794. The number of hydrogen-bond donors (Lipinski definition) is 1. The Morgan fingerprint density at radius 3 is 2.60 bits per heavy atom. The Morgan fingerprint density at radius 1 is 1.40 bits per heavy atom. The predicted octanol–water partition coefficient (Wildman–Crippen LogP) is 1.14. The van der Waals surface area contributed by atoms with Crippen molar-refractivity contribution >= 4 is 0 Å². The molecule has 0 rings (SSSR count). The molecule has 0 aromatic carbocycles. The van der Waals surface area contributed by atoms with Gasteiger partial charge in [0.1, 0.15) is 0 Å². The van der Waals surface area contributed by atoms with Gasteiger partial charge in [-0.1, -0.05) is 0 Å². The van der Waals surface area contributed by atoms with Crippen LogP contribution in [0.25, 0.3) is 0 Å². The largest absolute Gasteiger partial charge is 0.315 e. The Kier molecular flexibility index (Phi) is 5.99. The van der Waals surface area contributed by atoms with Crippen molar-refractivity contribution in [3.8, 4) is 6.07 Å². The molecule has 2 nitrogen and oxygen atoms in total. The van der Waals surface area contributed by atoms with Crippen LogP contribution >= 0.6 is 0 Å². The van der Waals surface area contributed by atoms with E-state index in [4.69, 9.17) is 5.26 Å². The molecular weight excluding hydrogens is 138 g/mol. The second kappa shape index (κ2) is 6.43. The topological polar surface area (TPSA) is 35.8 Å². The number of hydrogen-bond acceptors (Lipinski definition) is 2. The molecule has 0 aliphatic heterocycles. The molecule has 0 saturated carbocycles. The summed E-state index contributed by atoms with van der Waals surface area (Å²) in [7, 11) is 0. The second-order valence-electron chi connectivity index (χ2n) is 1.84. The lowest BCUT2D eigenvalue weighted by molar-refractivity contribution is 0.137. The van der Waals surface area contributed by atoms with Crippen molar-refractivity contribution in [2.75, 3.05) is 13.1 Å². The third-order valence-electron chi connectivity index (χ3n) is 0.953. The van der Waals surface area contributed by atoms with Crippen molar-refractivity contribution in [2.24, 2.45) is 0 Å². The third kappa shape index (κ3) is 7.31. The quantitative estimate of drug-likeness (QED) is 0.593. The number of halogens is 2.